The third-order valence-corrected chi connectivity index (χ3v) is 2.89. The van der Waals surface area contributed by atoms with Crippen LogP contribution >= 0.6 is 0 Å². The van der Waals surface area contributed by atoms with Crippen LogP contribution in [0.5, 0.6) is 5.88 Å². The van der Waals surface area contributed by atoms with E-state index in [0.29, 0.717) is 22.8 Å². The summed E-state index contributed by atoms with van der Waals surface area (Å²) in [6.07, 6.45) is 1.33. The number of rotatable bonds is 5. The van der Waals surface area contributed by atoms with Gasteiger partial charge in [-0.05, 0) is 12.5 Å². The zero-order chi connectivity index (χ0) is 14.5. The van der Waals surface area contributed by atoms with E-state index >= 15 is 0 Å². The van der Waals surface area contributed by atoms with Gasteiger partial charge in [-0.3, -0.25) is 0 Å². The Morgan fingerprint density at radius 3 is 2.60 bits per heavy atom. The molecular formula is C14H15N3O3. The summed E-state index contributed by atoms with van der Waals surface area (Å²) in [4.78, 5) is 19.5. The van der Waals surface area contributed by atoms with Crippen LogP contribution in [0, 0.1) is 6.92 Å². The summed E-state index contributed by atoms with van der Waals surface area (Å²) < 4.78 is 5.09. The topological polar surface area (TPSA) is 84.3 Å². The Morgan fingerprint density at radius 2 is 2.00 bits per heavy atom. The Kier molecular flexibility index (Phi) is 4.14. The lowest BCUT2D eigenvalue weighted by molar-refractivity contribution is -0.138. The molecule has 2 rings (SSSR count). The highest BCUT2D eigenvalue weighted by Crippen LogP contribution is 2.24. The molecule has 1 heterocycles. The van der Waals surface area contributed by atoms with Crippen LogP contribution in [-0.4, -0.2) is 28.2 Å². The SMILES string of the molecule is COc1ncnc(NC(C(=O)O)c2ccccc2)c1C. The monoisotopic (exact) mass is 273 g/mol. The molecule has 1 unspecified atom stereocenters. The Hall–Kier alpha value is -2.63. The molecular weight excluding hydrogens is 258 g/mol. The number of anilines is 1. The number of benzene rings is 1. The number of hydrogen-bond donors (Lipinski definition) is 2. The van der Waals surface area contributed by atoms with Gasteiger partial charge >= 0.3 is 5.97 Å². The number of nitrogens with zero attached hydrogens (tertiary/aromatic N) is 2. The van der Waals surface area contributed by atoms with Crippen LogP contribution in [0.15, 0.2) is 36.7 Å². The average molecular weight is 273 g/mol. The molecule has 1 aromatic carbocycles. The second kappa shape index (κ2) is 6.01. The minimum absolute atomic E-state index is 0.416. The number of aromatic nitrogens is 2. The third kappa shape index (κ3) is 2.85. The van der Waals surface area contributed by atoms with Gasteiger partial charge in [0.25, 0.3) is 0 Å². The summed E-state index contributed by atoms with van der Waals surface area (Å²) in [5.41, 5.74) is 1.31. The van der Waals surface area contributed by atoms with Crippen LogP contribution < -0.4 is 10.1 Å². The first-order chi connectivity index (χ1) is 9.63. The highest BCUT2D eigenvalue weighted by Gasteiger charge is 2.21. The lowest BCUT2D eigenvalue weighted by Crippen LogP contribution is -2.21. The molecule has 0 amide bonds. The lowest BCUT2D eigenvalue weighted by Gasteiger charge is -2.17. The third-order valence-electron chi connectivity index (χ3n) is 2.89. The number of carboxylic acids is 1. The van der Waals surface area contributed by atoms with E-state index in [-0.39, 0.29) is 0 Å². The zero-order valence-electron chi connectivity index (χ0n) is 11.2. The molecule has 20 heavy (non-hydrogen) atoms. The minimum atomic E-state index is -0.979. The molecule has 2 N–H and O–H groups in total. The van der Waals surface area contributed by atoms with Crippen LogP contribution in [0.3, 0.4) is 0 Å². The molecule has 0 aliphatic carbocycles. The van der Waals surface area contributed by atoms with Gasteiger partial charge in [0.15, 0.2) is 6.04 Å². The average Bonchev–Trinajstić information content (AvgIpc) is 2.46. The standard InChI is InChI=1S/C14H15N3O3/c1-9-12(15-8-16-13(9)20-2)17-11(14(18)19)10-6-4-3-5-7-10/h3-8,11H,1-2H3,(H,18,19)(H,15,16,17). The molecule has 2 aromatic rings. The highest BCUT2D eigenvalue weighted by molar-refractivity contribution is 5.79. The molecule has 104 valence electrons. The lowest BCUT2D eigenvalue weighted by atomic mass is 10.1. The van der Waals surface area contributed by atoms with Crippen LogP contribution in [0.4, 0.5) is 5.82 Å². The maximum Gasteiger partial charge on any atom is 0.330 e. The Morgan fingerprint density at radius 1 is 1.30 bits per heavy atom. The van der Waals surface area contributed by atoms with Crippen LogP contribution in [-0.2, 0) is 4.79 Å². The normalized spacial score (nSPS) is 11.7. The summed E-state index contributed by atoms with van der Waals surface area (Å²) >= 11 is 0. The quantitative estimate of drug-likeness (QED) is 0.867. The summed E-state index contributed by atoms with van der Waals surface area (Å²) in [5.74, 6) is -0.124. The largest absolute Gasteiger partial charge is 0.481 e. The van der Waals surface area contributed by atoms with E-state index in [1.54, 1.807) is 31.2 Å². The van der Waals surface area contributed by atoms with E-state index in [9.17, 15) is 9.90 Å². The van der Waals surface area contributed by atoms with Gasteiger partial charge in [0, 0.05) is 0 Å². The Balaban J connectivity index is 2.33. The zero-order valence-corrected chi connectivity index (χ0v) is 11.2. The predicted molar refractivity (Wildman–Crippen MR) is 73.8 cm³/mol. The van der Waals surface area contributed by atoms with Crippen molar-refractivity contribution in [1.82, 2.24) is 9.97 Å². The second-order valence-corrected chi connectivity index (χ2v) is 4.18. The van der Waals surface area contributed by atoms with Gasteiger partial charge in [0.1, 0.15) is 12.1 Å². The number of ether oxygens (including phenoxy) is 1. The van der Waals surface area contributed by atoms with Crippen molar-refractivity contribution in [1.29, 1.82) is 0 Å². The fraction of sp³-hybridized carbons (Fsp3) is 0.214. The van der Waals surface area contributed by atoms with Gasteiger partial charge in [-0.15, -0.1) is 0 Å². The molecule has 0 radical (unpaired) electrons. The van der Waals surface area contributed by atoms with Crippen molar-refractivity contribution < 1.29 is 14.6 Å². The Labute approximate surface area is 116 Å². The molecule has 6 nitrogen and oxygen atoms in total. The van der Waals surface area contributed by atoms with Gasteiger partial charge in [0.05, 0.1) is 12.7 Å². The van der Waals surface area contributed by atoms with Gasteiger partial charge in [-0.25, -0.2) is 14.8 Å². The van der Waals surface area contributed by atoms with E-state index in [4.69, 9.17) is 4.74 Å². The molecule has 0 bridgehead atoms. The number of methoxy groups -OCH3 is 1. The number of aliphatic carboxylic acids is 1. The van der Waals surface area contributed by atoms with Crippen molar-refractivity contribution in [2.45, 2.75) is 13.0 Å². The van der Waals surface area contributed by atoms with Crippen LogP contribution in [0.25, 0.3) is 0 Å². The van der Waals surface area contributed by atoms with E-state index in [1.807, 2.05) is 6.07 Å². The molecule has 1 atom stereocenters. The van der Waals surface area contributed by atoms with Gasteiger partial charge in [0.2, 0.25) is 5.88 Å². The van der Waals surface area contributed by atoms with Crippen molar-refractivity contribution in [2.75, 3.05) is 12.4 Å². The van der Waals surface area contributed by atoms with Crippen molar-refractivity contribution in [2.24, 2.45) is 0 Å². The smallest absolute Gasteiger partial charge is 0.330 e. The molecule has 0 saturated heterocycles. The fourth-order valence-electron chi connectivity index (χ4n) is 1.86. The maximum absolute atomic E-state index is 11.4. The van der Waals surface area contributed by atoms with Crippen LogP contribution in [0.2, 0.25) is 0 Å². The fourth-order valence-corrected chi connectivity index (χ4v) is 1.86. The van der Waals surface area contributed by atoms with E-state index in [2.05, 4.69) is 15.3 Å². The number of carboxylic acid groups (broad SMARTS) is 1. The molecule has 6 heteroatoms. The van der Waals surface area contributed by atoms with Gasteiger partial charge in [-0.1, -0.05) is 30.3 Å². The summed E-state index contributed by atoms with van der Waals surface area (Å²) in [5, 5.41) is 12.3. The van der Waals surface area contributed by atoms with Crippen LogP contribution in [0.1, 0.15) is 17.2 Å². The molecule has 0 fully saturated rings. The predicted octanol–water partition coefficient (Wildman–Crippen LogP) is 2.03. The first kappa shape index (κ1) is 13.8. The van der Waals surface area contributed by atoms with Crippen molar-refractivity contribution >= 4 is 11.8 Å². The van der Waals surface area contributed by atoms with Gasteiger partial charge < -0.3 is 15.2 Å². The number of hydrogen-bond acceptors (Lipinski definition) is 5. The molecule has 0 aliphatic heterocycles. The molecule has 0 saturated carbocycles. The first-order valence-electron chi connectivity index (χ1n) is 6.03. The second-order valence-electron chi connectivity index (χ2n) is 4.18. The summed E-state index contributed by atoms with van der Waals surface area (Å²) in [6, 6.07) is 8.04. The molecule has 1 aromatic heterocycles. The van der Waals surface area contributed by atoms with Crippen molar-refractivity contribution in [3.05, 3.63) is 47.8 Å². The Bertz CT molecular complexity index is 602. The number of carbonyl (C=O) groups is 1. The number of nitrogens with one attached hydrogen (secondary N) is 1. The summed E-state index contributed by atoms with van der Waals surface area (Å²) in [6.45, 7) is 1.77. The first-order valence-corrected chi connectivity index (χ1v) is 6.03. The van der Waals surface area contributed by atoms with Crippen molar-refractivity contribution in [3.8, 4) is 5.88 Å². The maximum atomic E-state index is 11.4. The van der Waals surface area contributed by atoms with Gasteiger partial charge in [-0.2, -0.15) is 0 Å². The van der Waals surface area contributed by atoms with E-state index < -0.39 is 12.0 Å². The molecule has 0 spiro atoms. The molecule has 0 aliphatic rings. The van der Waals surface area contributed by atoms with E-state index in [1.165, 1.54) is 13.4 Å². The van der Waals surface area contributed by atoms with Crippen molar-refractivity contribution in [3.63, 3.8) is 0 Å². The highest BCUT2D eigenvalue weighted by atomic mass is 16.5. The minimum Gasteiger partial charge on any atom is -0.481 e. The summed E-state index contributed by atoms with van der Waals surface area (Å²) in [7, 11) is 1.50. The van der Waals surface area contributed by atoms with E-state index in [0.717, 1.165) is 0 Å².